The highest BCUT2D eigenvalue weighted by Gasteiger charge is 2.37. The van der Waals surface area contributed by atoms with Gasteiger partial charge in [-0.3, -0.25) is 0 Å². The number of rotatable bonds is 14. The van der Waals surface area contributed by atoms with Gasteiger partial charge in [-0.15, -0.1) is 0 Å². The molecular weight excluding hydrogens is 817 g/mol. The zero-order chi connectivity index (χ0) is 43.8. The van der Waals surface area contributed by atoms with Crippen LogP contribution in [0.5, 0.6) is 23.0 Å². The van der Waals surface area contributed by atoms with Crippen LogP contribution in [-0.2, 0) is 26.0 Å². The molecule has 1 aliphatic carbocycles. The molecule has 1 N–H and O–H groups in total. The molecule has 330 valence electrons. The second-order valence-electron chi connectivity index (χ2n) is 16.6. The molecule has 1 saturated carbocycles. The van der Waals surface area contributed by atoms with Gasteiger partial charge in [0, 0.05) is 43.4 Å². The molecular formula is C45H54N6O10S. The van der Waals surface area contributed by atoms with Crippen LogP contribution in [0.15, 0.2) is 70.1 Å². The van der Waals surface area contributed by atoms with Gasteiger partial charge >= 0.3 is 6.09 Å². The van der Waals surface area contributed by atoms with Crippen molar-refractivity contribution in [3.05, 3.63) is 77.5 Å². The van der Waals surface area contributed by atoms with Crippen molar-refractivity contribution >= 4 is 50.0 Å². The molecule has 1 amide bonds. The van der Waals surface area contributed by atoms with Crippen LogP contribution in [-0.4, -0.2) is 88.1 Å². The third kappa shape index (κ3) is 8.86. The predicted molar refractivity (Wildman–Crippen MR) is 233 cm³/mol. The molecule has 62 heavy (non-hydrogen) atoms. The lowest BCUT2D eigenvalue weighted by Gasteiger charge is -2.30. The van der Waals surface area contributed by atoms with Gasteiger partial charge in [-0.25, -0.2) is 22.2 Å². The number of sulfonamides is 1. The molecule has 8 rings (SSSR count). The third-order valence-electron chi connectivity index (χ3n) is 11.2. The van der Waals surface area contributed by atoms with Gasteiger partial charge in [-0.1, -0.05) is 23.4 Å². The first-order valence-corrected chi connectivity index (χ1v) is 22.3. The zero-order valence-corrected chi connectivity index (χ0v) is 37.0. The first kappa shape index (κ1) is 42.7. The lowest BCUT2D eigenvalue weighted by molar-refractivity contribution is -0.0409. The predicted octanol–water partition coefficient (Wildman–Crippen LogP) is 8.80. The van der Waals surface area contributed by atoms with Crippen molar-refractivity contribution in [2.75, 3.05) is 57.8 Å². The van der Waals surface area contributed by atoms with Crippen LogP contribution in [0.2, 0.25) is 0 Å². The summed E-state index contributed by atoms with van der Waals surface area (Å²) in [6, 6.07) is 15.9. The van der Waals surface area contributed by atoms with E-state index in [0.717, 1.165) is 43.4 Å². The van der Waals surface area contributed by atoms with Crippen molar-refractivity contribution in [1.82, 2.24) is 19.8 Å². The quantitative estimate of drug-likeness (QED) is 0.113. The number of hydrogen-bond donors (Lipinski definition) is 1. The van der Waals surface area contributed by atoms with E-state index in [1.807, 2.05) is 31.5 Å². The van der Waals surface area contributed by atoms with E-state index in [2.05, 4.69) is 16.5 Å². The fourth-order valence-electron chi connectivity index (χ4n) is 7.86. The number of carbonyl (C=O) groups excluding carboxylic acids is 1. The zero-order valence-electron chi connectivity index (χ0n) is 36.2. The minimum Gasteiger partial charge on any atom is -0.497 e. The largest absolute Gasteiger partial charge is 0.497 e. The Bertz CT molecular complexity index is 2540. The number of nitrogens with one attached hydrogen (secondary N) is 1. The maximum absolute atomic E-state index is 15.3. The van der Waals surface area contributed by atoms with Gasteiger partial charge in [0.25, 0.3) is 10.0 Å². The van der Waals surface area contributed by atoms with Crippen LogP contribution in [0.4, 0.5) is 22.1 Å². The molecule has 2 fully saturated rings. The summed E-state index contributed by atoms with van der Waals surface area (Å²) in [4.78, 5) is 14.2. The molecule has 3 aromatic carbocycles. The summed E-state index contributed by atoms with van der Waals surface area (Å²) in [5.41, 5.74) is 3.64. The van der Waals surface area contributed by atoms with Gasteiger partial charge in [0.05, 0.1) is 46.1 Å². The maximum Gasteiger partial charge on any atom is 0.410 e. The number of aromatic nitrogens is 3. The minimum atomic E-state index is -4.53. The molecule has 17 heteroatoms. The van der Waals surface area contributed by atoms with Crippen molar-refractivity contribution in [3.63, 3.8) is 0 Å². The number of nitrogens with zero attached hydrogens (tertiary/aromatic N) is 5. The molecule has 2 aliphatic heterocycles. The molecule has 1 unspecified atom stereocenters. The Labute approximate surface area is 361 Å². The topological polar surface area (TPSA) is 169 Å². The summed E-state index contributed by atoms with van der Waals surface area (Å²) >= 11 is 0. The number of hydrogen-bond acceptors (Lipinski definition) is 13. The van der Waals surface area contributed by atoms with Crippen LogP contribution >= 0.6 is 0 Å². The van der Waals surface area contributed by atoms with Crippen LogP contribution in [0.1, 0.15) is 88.3 Å². The lowest BCUT2D eigenvalue weighted by Crippen LogP contribution is -2.39. The Morgan fingerprint density at radius 2 is 1.65 bits per heavy atom. The Kier molecular flexibility index (Phi) is 12.0. The highest BCUT2D eigenvalue weighted by Crippen LogP contribution is 2.46. The Hall–Kier alpha value is -5.94. The van der Waals surface area contributed by atoms with Crippen molar-refractivity contribution in [3.8, 4) is 23.0 Å². The highest BCUT2D eigenvalue weighted by atomic mass is 32.2. The van der Waals surface area contributed by atoms with Gasteiger partial charge in [0.2, 0.25) is 0 Å². The lowest BCUT2D eigenvalue weighted by atomic mass is 9.99. The molecule has 0 bridgehead atoms. The number of amides is 1. The summed E-state index contributed by atoms with van der Waals surface area (Å²) in [6.45, 7) is 6.80. The van der Waals surface area contributed by atoms with Crippen molar-refractivity contribution in [2.45, 2.75) is 88.5 Å². The summed E-state index contributed by atoms with van der Waals surface area (Å²) in [6.07, 6.45) is 7.18. The average molecular weight is 871 g/mol. The summed E-state index contributed by atoms with van der Waals surface area (Å²) in [5, 5.41) is 13.1. The minimum absolute atomic E-state index is 0.0285. The van der Waals surface area contributed by atoms with Crippen LogP contribution in [0.25, 0.3) is 16.5 Å². The molecule has 4 heterocycles. The van der Waals surface area contributed by atoms with Gasteiger partial charge in [-0.05, 0) is 106 Å². The Balaban J connectivity index is 1.16. The van der Waals surface area contributed by atoms with E-state index in [9.17, 15) is 4.79 Å². The fourth-order valence-corrected chi connectivity index (χ4v) is 9.55. The second kappa shape index (κ2) is 17.4. The van der Waals surface area contributed by atoms with Crippen molar-refractivity contribution < 1.29 is 46.2 Å². The van der Waals surface area contributed by atoms with Crippen LogP contribution in [0, 0.1) is 0 Å². The number of carbonyl (C=O) groups is 1. The van der Waals surface area contributed by atoms with E-state index in [0.29, 0.717) is 77.1 Å². The molecule has 16 nitrogen and oxygen atoms in total. The normalized spacial score (nSPS) is 17.0. The first-order valence-electron chi connectivity index (χ1n) is 20.8. The van der Waals surface area contributed by atoms with Gasteiger partial charge in [-0.2, -0.15) is 5.10 Å². The number of ether oxygens (including phenoxy) is 6. The van der Waals surface area contributed by atoms with Crippen molar-refractivity contribution in [1.29, 1.82) is 0 Å². The number of fused-ring (bicyclic) bond motifs is 1. The van der Waals surface area contributed by atoms with Gasteiger partial charge in [0.1, 0.15) is 28.6 Å². The smallest absolute Gasteiger partial charge is 0.410 e. The monoisotopic (exact) mass is 870 g/mol. The average Bonchev–Trinajstić information content (AvgIpc) is 3.92. The summed E-state index contributed by atoms with van der Waals surface area (Å²) in [5.74, 6) is 2.27. The third-order valence-corrected chi connectivity index (χ3v) is 13.0. The summed E-state index contributed by atoms with van der Waals surface area (Å²) < 4.78 is 74.3. The molecule has 5 aromatic rings. The molecule has 2 aromatic heterocycles. The Morgan fingerprint density at radius 1 is 0.919 bits per heavy atom. The van der Waals surface area contributed by atoms with Gasteiger partial charge in [0.15, 0.2) is 28.3 Å². The van der Waals surface area contributed by atoms with Crippen LogP contribution < -0.4 is 28.6 Å². The molecule has 1 atom stereocenters. The molecule has 3 aliphatic rings. The van der Waals surface area contributed by atoms with E-state index in [1.165, 1.54) is 18.5 Å². The second-order valence-corrected chi connectivity index (χ2v) is 18.4. The van der Waals surface area contributed by atoms with Gasteiger partial charge < -0.3 is 43.2 Å². The van der Waals surface area contributed by atoms with Crippen LogP contribution in [0.3, 0.4) is 0 Å². The van der Waals surface area contributed by atoms with E-state index < -0.39 is 21.7 Å². The number of methoxy groups -OCH3 is 4. The molecule has 0 radical (unpaired) electrons. The highest BCUT2D eigenvalue weighted by molar-refractivity contribution is 7.93. The Morgan fingerprint density at radius 3 is 2.24 bits per heavy atom. The summed E-state index contributed by atoms with van der Waals surface area (Å²) in [7, 11) is 1.40. The van der Waals surface area contributed by atoms with E-state index in [1.54, 1.807) is 67.7 Å². The first-order chi connectivity index (χ1) is 29.8. The SMILES string of the molecule is COc1ccc(CN(c2noc3cc(Nc4cc(C5CC5)n(C5CCCCO5)n4)c(OC)cc23)S(=O)(=O)c2c(OC)cc(C3=CCN(C(=O)OC(C)(C)C)CC3)cc2OC)cc1. The standard InChI is InChI=1S/C45H54N6O10S/c1-45(2,3)60-44(52)49-19-17-29(18-20-49)31-22-38(57-6)42(39(23-31)58-7)62(53,54)50(27-28-11-15-32(55-4)16-12-28)43-33-24-37(56-5)34(25-36(33)61-48-43)46-40-26-35(30-13-14-30)51(47-40)41-10-8-9-21-59-41/h11-12,15-17,22-26,30,41H,8-10,13-14,18-21,27H2,1-7H3,(H,46,47). The van der Waals surface area contributed by atoms with E-state index in [4.69, 9.17) is 38.0 Å². The van der Waals surface area contributed by atoms with E-state index in [-0.39, 0.29) is 35.0 Å². The molecule has 0 spiro atoms. The van der Waals surface area contributed by atoms with E-state index >= 15 is 8.42 Å². The maximum atomic E-state index is 15.3. The fraction of sp³-hybridized carbons (Fsp3) is 0.444. The molecule has 1 saturated heterocycles. The number of anilines is 3. The number of benzene rings is 3. The van der Waals surface area contributed by atoms with Crippen molar-refractivity contribution in [2.24, 2.45) is 0 Å².